The molecule has 0 saturated heterocycles. The van der Waals surface area contributed by atoms with Gasteiger partial charge in [-0.2, -0.15) is 0 Å². The Kier molecular flexibility index (Phi) is 5.27. The van der Waals surface area contributed by atoms with E-state index in [1.165, 1.54) is 0 Å². The summed E-state index contributed by atoms with van der Waals surface area (Å²) >= 11 is 0. The molecular formula is C23H20N2O4. The average molecular weight is 388 g/mol. The molecule has 3 N–H and O–H groups in total. The number of carbonyl (C=O) groups excluding carboxylic acids is 2. The standard InChI is InChI=1S/C23H20N2O4/c26-22(25-28)17-13-11-15(12-14-17)5-3-6-16-7-4-10-20-21(16)24-23(27)18-8-1-2-9-19(18)29-20/h1-2,4,7-14,28H,3,5-6H2,(H,24,27)(H,25,26). The third-order valence-corrected chi connectivity index (χ3v) is 4.93. The summed E-state index contributed by atoms with van der Waals surface area (Å²) in [5, 5.41) is 11.7. The van der Waals surface area contributed by atoms with Gasteiger partial charge in [0.2, 0.25) is 0 Å². The van der Waals surface area contributed by atoms with E-state index in [4.69, 9.17) is 9.94 Å². The number of para-hydroxylation sites is 2. The summed E-state index contributed by atoms with van der Waals surface area (Å²) in [4.78, 5) is 24.0. The molecule has 0 atom stereocenters. The van der Waals surface area contributed by atoms with E-state index in [9.17, 15) is 9.59 Å². The first-order valence-electron chi connectivity index (χ1n) is 9.39. The number of hydrogen-bond acceptors (Lipinski definition) is 4. The van der Waals surface area contributed by atoms with Crippen molar-refractivity contribution < 1.29 is 19.5 Å². The van der Waals surface area contributed by atoms with E-state index in [2.05, 4.69) is 5.32 Å². The van der Waals surface area contributed by atoms with Crippen molar-refractivity contribution in [2.75, 3.05) is 5.32 Å². The zero-order chi connectivity index (χ0) is 20.2. The molecule has 29 heavy (non-hydrogen) atoms. The van der Waals surface area contributed by atoms with E-state index in [0.717, 1.165) is 30.4 Å². The summed E-state index contributed by atoms with van der Waals surface area (Å²) < 4.78 is 5.98. The zero-order valence-electron chi connectivity index (χ0n) is 15.6. The first-order valence-corrected chi connectivity index (χ1v) is 9.39. The van der Waals surface area contributed by atoms with Gasteiger partial charge < -0.3 is 10.1 Å². The van der Waals surface area contributed by atoms with Gasteiger partial charge >= 0.3 is 0 Å². The number of amides is 2. The minimum Gasteiger partial charge on any atom is -0.454 e. The minimum absolute atomic E-state index is 0.176. The summed E-state index contributed by atoms with van der Waals surface area (Å²) in [6, 6.07) is 20.1. The number of nitrogens with one attached hydrogen (secondary N) is 2. The van der Waals surface area contributed by atoms with Crippen LogP contribution in [0.5, 0.6) is 11.5 Å². The smallest absolute Gasteiger partial charge is 0.274 e. The van der Waals surface area contributed by atoms with Crippen molar-refractivity contribution in [3.8, 4) is 11.5 Å². The topological polar surface area (TPSA) is 87.7 Å². The summed E-state index contributed by atoms with van der Waals surface area (Å²) in [5.74, 6) is 0.484. The van der Waals surface area contributed by atoms with Crippen LogP contribution in [0.25, 0.3) is 0 Å². The van der Waals surface area contributed by atoms with Gasteiger partial charge in [-0.05, 0) is 60.7 Å². The maximum Gasteiger partial charge on any atom is 0.274 e. The van der Waals surface area contributed by atoms with Crippen molar-refractivity contribution in [2.24, 2.45) is 0 Å². The molecule has 146 valence electrons. The number of anilines is 1. The predicted octanol–water partition coefficient (Wildman–Crippen LogP) is 4.34. The number of hydrogen-bond donors (Lipinski definition) is 3. The molecule has 6 nitrogen and oxygen atoms in total. The Morgan fingerprint density at radius 3 is 2.48 bits per heavy atom. The summed E-state index contributed by atoms with van der Waals surface area (Å²) in [7, 11) is 0. The lowest BCUT2D eigenvalue weighted by Crippen LogP contribution is -2.18. The van der Waals surface area contributed by atoms with Crippen LogP contribution in [-0.4, -0.2) is 17.0 Å². The van der Waals surface area contributed by atoms with Crippen LogP contribution in [0.2, 0.25) is 0 Å². The maximum absolute atomic E-state index is 12.6. The summed E-state index contributed by atoms with van der Waals surface area (Å²) in [5.41, 5.74) is 5.36. The van der Waals surface area contributed by atoms with E-state index in [0.29, 0.717) is 28.3 Å². The van der Waals surface area contributed by atoms with Crippen LogP contribution in [0.1, 0.15) is 38.3 Å². The zero-order valence-corrected chi connectivity index (χ0v) is 15.6. The Bertz CT molecular complexity index is 1060. The summed E-state index contributed by atoms with van der Waals surface area (Å²) in [6.45, 7) is 0. The Morgan fingerprint density at radius 1 is 0.931 bits per heavy atom. The third kappa shape index (κ3) is 3.97. The van der Waals surface area contributed by atoms with Gasteiger partial charge in [0.25, 0.3) is 11.8 Å². The molecule has 0 bridgehead atoms. The Morgan fingerprint density at radius 2 is 1.69 bits per heavy atom. The molecule has 1 aliphatic rings. The number of hydroxylamine groups is 1. The largest absolute Gasteiger partial charge is 0.454 e. The lowest BCUT2D eigenvalue weighted by molar-refractivity contribution is 0.0706. The van der Waals surface area contributed by atoms with Crippen LogP contribution < -0.4 is 15.5 Å². The molecule has 2 amide bonds. The van der Waals surface area contributed by atoms with Gasteiger partial charge in [-0.1, -0.05) is 36.4 Å². The quantitative estimate of drug-likeness (QED) is 0.448. The maximum atomic E-state index is 12.6. The molecular weight excluding hydrogens is 368 g/mol. The lowest BCUT2D eigenvalue weighted by Gasteiger charge is -2.12. The molecule has 3 aromatic carbocycles. The van der Waals surface area contributed by atoms with Crippen LogP contribution in [0.4, 0.5) is 5.69 Å². The average Bonchev–Trinajstić information content (AvgIpc) is 2.90. The molecule has 0 radical (unpaired) electrons. The predicted molar refractivity (Wildman–Crippen MR) is 109 cm³/mol. The van der Waals surface area contributed by atoms with Crippen LogP contribution >= 0.6 is 0 Å². The highest BCUT2D eigenvalue weighted by Crippen LogP contribution is 2.38. The van der Waals surface area contributed by atoms with Gasteiger partial charge in [-0.3, -0.25) is 14.8 Å². The van der Waals surface area contributed by atoms with E-state index >= 15 is 0 Å². The van der Waals surface area contributed by atoms with Crippen LogP contribution in [-0.2, 0) is 12.8 Å². The van der Waals surface area contributed by atoms with Gasteiger partial charge in [0.05, 0.1) is 11.3 Å². The number of rotatable bonds is 5. The second kappa shape index (κ2) is 8.16. The number of aryl methyl sites for hydroxylation is 2. The normalized spacial score (nSPS) is 12.1. The minimum atomic E-state index is -0.528. The Labute approximate surface area is 168 Å². The highest BCUT2D eigenvalue weighted by atomic mass is 16.5. The first-order chi connectivity index (χ1) is 14.2. The molecule has 0 unspecified atom stereocenters. The van der Waals surface area contributed by atoms with Gasteiger partial charge in [-0.25, -0.2) is 5.48 Å². The lowest BCUT2D eigenvalue weighted by atomic mass is 10.0. The van der Waals surface area contributed by atoms with Crippen molar-refractivity contribution in [2.45, 2.75) is 19.3 Å². The monoisotopic (exact) mass is 388 g/mol. The molecule has 4 rings (SSSR count). The molecule has 6 heteroatoms. The van der Waals surface area contributed by atoms with Gasteiger partial charge in [0.15, 0.2) is 5.75 Å². The fraction of sp³-hybridized carbons (Fsp3) is 0.130. The molecule has 0 aromatic heterocycles. The SMILES string of the molecule is O=C(NO)c1ccc(CCCc2cccc3c2NC(=O)c2ccccc2O3)cc1. The Balaban J connectivity index is 1.47. The van der Waals surface area contributed by atoms with Crippen molar-refractivity contribution in [3.63, 3.8) is 0 Å². The van der Waals surface area contributed by atoms with Gasteiger partial charge in [0.1, 0.15) is 5.75 Å². The Hall–Kier alpha value is -3.64. The van der Waals surface area contributed by atoms with Crippen molar-refractivity contribution >= 4 is 17.5 Å². The molecule has 3 aromatic rings. The third-order valence-electron chi connectivity index (χ3n) is 4.93. The number of ether oxygens (including phenoxy) is 1. The molecule has 0 saturated carbocycles. The van der Waals surface area contributed by atoms with Crippen molar-refractivity contribution in [1.29, 1.82) is 0 Å². The van der Waals surface area contributed by atoms with Crippen molar-refractivity contribution in [1.82, 2.24) is 5.48 Å². The fourth-order valence-electron chi connectivity index (χ4n) is 3.42. The van der Waals surface area contributed by atoms with E-state index in [1.54, 1.807) is 29.7 Å². The highest BCUT2D eigenvalue weighted by molar-refractivity contribution is 6.08. The first kappa shape index (κ1) is 18.7. The second-order valence-electron chi connectivity index (χ2n) is 6.83. The highest BCUT2D eigenvalue weighted by Gasteiger charge is 2.22. The second-order valence-corrected chi connectivity index (χ2v) is 6.83. The van der Waals surface area contributed by atoms with Crippen LogP contribution in [0.3, 0.4) is 0 Å². The molecule has 1 heterocycles. The molecule has 0 spiro atoms. The fourth-order valence-corrected chi connectivity index (χ4v) is 3.42. The van der Waals surface area contributed by atoms with E-state index < -0.39 is 5.91 Å². The number of carbonyl (C=O) groups is 2. The van der Waals surface area contributed by atoms with Crippen LogP contribution in [0.15, 0.2) is 66.7 Å². The van der Waals surface area contributed by atoms with Gasteiger partial charge in [-0.15, -0.1) is 0 Å². The summed E-state index contributed by atoms with van der Waals surface area (Å²) in [6.07, 6.45) is 2.45. The van der Waals surface area contributed by atoms with Crippen LogP contribution in [0, 0.1) is 0 Å². The molecule has 0 fully saturated rings. The van der Waals surface area contributed by atoms with E-state index in [-0.39, 0.29) is 5.91 Å². The molecule has 0 aliphatic carbocycles. The molecule has 1 aliphatic heterocycles. The van der Waals surface area contributed by atoms with Gasteiger partial charge in [0, 0.05) is 5.56 Å². The number of fused-ring (bicyclic) bond motifs is 2. The number of benzene rings is 3. The van der Waals surface area contributed by atoms with E-state index in [1.807, 2.05) is 42.5 Å². The van der Waals surface area contributed by atoms with Crippen molar-refractivity contribution in [3.05, 3.63) is 89.0 Å².